The van der Waals surface area contributed by atoms with Gasteiger partial charge in [0.2, 0.25) is 5.88 Å². The molecule has 0 atom stereocenters. The molecule has 0 bridgehead atoms. The maximum absolute atomic E-state index is 11.2. The molecule has 0 radical (unpaired) electrons. The van der Waals surface area contributed by atoms with Crippen molar-refractivity contribution in [3.8, 4) is 23.1 Å². The maximum Gasteiger partial charge on any atom is 0.207 e. The van der Waals surface area contributed by atoms with Gasteiger partial charge in [0.25, 0.3) is 0 Å². The lowest BCUT2D eigenvalue weighted by Gasteiger charge is -2.14. The highest BCUT2D eigenvalue weighted by Gasteiger charge is 2.23. The molecule has 0 aliphatic rings. The molecule has 0 amide bonds. The largest absolute Gasteiger partial charge is 0.494 e. The van der Waals surface area contributed by atoms with E-state index in [4.69, 9.17) is 9.47 Å². The Morgan fingerprint density at radius 1 is 0.897 bits per heavy atom. The van der Waals surface area contributed by atoms with E-state index in [9.17, 15) is 10.2 Å². The molecule has 0 aliphatic carbocycles. The summed E-state index contributed by atoms with van der Waals surface area (Å²) in [5.41, 5.74) is 2.62. The zero-order chi connectivity index (χ0) is 20.5. The monoisotopic (exact) mass is 391 g/mol. The predicted octanol–water partition coefficient (Wildman–Crippen LogP) is 5.09. The Kier molecular flexibility index (Phi) is 5.07. The molecule has 4 rings (SSSR count). The molecule has 1 aromatic heterocycles. The number of aromatic nitrogens is 1. The summed E-state index contributed by atoms with van der Waals surface area (Å²) in [6.45, 7) is 6.83. The van der Waals surface area contributed by atoms with Gasteiger partial charge >= 0.3 is 0 Å². The van der Waals surface area contributed by atoms with Crippen LogP contribution in [0.4, 0.5) is 0 Å². The first-order chi connectivity index (χ1) is 14.1. The van der Waals surface area contributed by atoms with Gasteiger partial charge in [-0.15, -0.1) is 0 Å². The van der Waals surface area contributed by atoms with Gasteiger partial charge in [-0.2, -0.15) is 0 Å². The SMILES string of the molecule is CCOc1c2ccccc2c(OCC)c2c(O)n(-c3ccc(CO)cc3C)cc12. The van der Waals surface area contributed by atoms with Crippen LogP contribution in [0.3, 0.4) is 0 Å². The second kappa shape index (κ2) is 7.68. The highest BCUT2D eigenvalue weighted by Crippen LogP contribution is 2.48. The Morgan fingerprint density at radius 2 is 1.55 bits per heavy atom. The van der Waals surface area contributed by atoms with E-state index in [-0.39, 0.29) is 12.5 Å². The molecule has 3 aromatic carbocycles. The molecule has 4 aromatic rings. The fourth-order valence-electron chi connectivity index (χ4n) is 3.91. The van der Waals surface area contributed by atoms with E-state index < -0.39 is 0 Å². The standard InChI is InChI=1S/C24H25NO4/c1-4-28-22-17-8-6-7-9-18(17)23(29-5-2)21-19(22)13-25(24(21)27)20-11-10-16(14-26)12-15(20)3/h6-13,26-27H,4-5,14H2,1-3H3. The van der Waals surface area contributed by atoms with E-state index in [2.05, 4.69) is 0 Å². The number of ether oxygens (including phenoxy) is 2. The zero-order valence-electron chi connectivity index (χ0n) is 16.9. The van der Waals surface area contributed by atoms with Gasteiger partial charge in [-0.1, -0.05) is 36.4 Å². The first-order valence-electron chi connectivity index (χ1n) is 9.85. The minimum atomic E-state index is -0.0187. The topological polar surface area (TPSA) is 63.8 Å². The molecule has 0 fully saturated rings. The quantitative estimate of drug-likeness (QED) is 0.481. The maximum atomic E-state index is 11.2. The fraction of sp³-hybridized carbons (Fsp3) is 0.250. The molecule has 5 nitrogen and oxygen atoms in total. The van der Waals surface area contributed by atoms with Gasteiger partial charge in [0.1, 0.15) is 11.5 Å². The van der Waals surface area contributed by atoms with Crippen molar-refractivity contribution in [2.75, 3.05) is 13.2 Å². The second-order valence-electron chi connectivity index (χ2n) is 6.96. The van der Waals surface area contributed by atoms with Gasteiger partial charge in [0, 0.05) is 17.0 Å². The third-order valence-corrected chi connectivity index (χ3v) is 5.15. The van der Waals surface area contributed by atoms with Crippen molar-refractivity contribution in [2.45, 2.75) is 27.4 Å². The van der Waals surface area contributed by atoms with Crippen molar-refractivity contribution >= 4 is 21.5 Å². The summed E-state index contributed by atoms with van der Waals surface area (Å²) in [5, 5.41) is 23.9. The number of benzene rings is 3. The van der Waals surface area contributed by atoms with E-state index in [1.54, 1.807) is 4.57 Å². The first kappa shape index (κ1) is 19.2. The van der Waals surface area contributed by atoms with Crippen molar-refractivity contribution in [3.63, 3.8) is 0 Å². The van der Waals surface area contributed by atoms with Crippen molar-refractivity contribution < 1.29 is 19.7 Å². The summed E-state index contributed by atoms with van der Waals surface area (Å²) in [5.74, 6) is 1.50. The van der Waals surface area contributed by atoms with Gasteiger partial charge in [0.15, 0.2) is 0 Å². The highest BCUT2D eigenvalue weighted by atomic mass is 16.5. The van der Waals surface area contributed by atoms with Crippen LogP contribution in [-0.2, 0) is 6.61 Å². The third-order valence-electron chi connectivity index (χ3n) is 5.15. The molecule has 0 saturated carbocycles. The fourth-order valence-corrected chi connectivity index (χ4v) is 3.91. The first-order valence-corrected chi connectivity index (χ1v) is 9.85. The van der Waals surface area contributed by atoms with Gasteiger partial charge in [-0.3, -0.25) is 4.57 Å². The minimum Gasteiger partial charge on any atom is -0.494 e. The van der Waals surface area contributed by atoms with Crippen LogP contribution >= 0.6 is 0 Å². The van der Waals surface area contributed by atoms with Gasteiger partial charge in [-0.25, -0.2) is 0 Å². The van der Waals surface area contributed by atoms with Crippen molar-refractivity contribution in [3.05, 3.63) is 59.8 Å². The smallest absolute Gasteiger partial charge is 0.207 e. The number of hydrogen-bond acceptors (Lipinski definition) is 4. The number of aliphatic hydroxyl groups is 1. The van der Waals surface area contributed by atoms with E-state index in [1.807, 2.05) is 69.4 Å². The molecule has 0 spiro atoms. The van der Waals surface area contributed by atoms with Crippen LogP contribution in [0.2, 0.25) is 0 Å². The van der Waals surface area contributed by atoms with Crippen molar-refractivity contribution in [2.24, 2.45) is 0 Å². The molecule has 29 heavy (non-hydrogen) atoms. The van der Waals surface area contributed by atoms with Gasteiger partial charge in [-0.05, 0) is 38.0 Å². The minimum absolute atomic E-state index is 0.0187. The van der Waals surface area contributed by atoms with Crippen molar-refractivity contribution in [1.82, 2.24) is 4.57 Å². The van der Waals surface area contributed by atoms with Gasteiger partial charge < -0.3 is 19.7 Å². The van der Waals surface area contributed by atoms with E-state index in [0.717, 1.165) is 38.7 Å². The summed E-state index contributed by atoms with van der Waals surface area (Å²) in [6, 6.07) is 13.6. The lowest BCUT2D eigenvalue weighted by Crippen LogP contribution is -1.97. The van der Waals surface area contributed by atoms with Crippen LogP contribution in [0.5, 0.6) is 17.4 Å². The number of hydrogen-bond donors (Lipinski definition) is 2. The molecule has 0 aliphatic heterocycles. The zero-order valence-corrected chi connectivity index (χ0v) is 16.9. The summed E-state index contributed by atoms with van der Waals surface area (Å²) in [4.78, 5) is 0. The molecule has 5 heteroatoms. The summed E-state index contributed by atoms with van der Waals surface area (Å²) in [6.07, 6.45) is 1.89. The Balaban J connectivity index is 2.10. The van der Waals surface area contributed by atoms with Gasteiger partial charge in [0.05, 0.1) is 36.3 Å². The average Bonchev–Trinajstić information content (AvgIpc) is 3.07. The summed E-state index contributed by atoms with van der Waals surface area (Å²) < 4.78 is 13.8. The van der Waals surface area contributed by atoms with Crippen LogP contribution in [0, 0.1) is 6.92 Å². The van der Waals surface area contributed by atoms with E-state index >= 15 is 0 Å². The van der Waals surface area contributed by atoms with Crippen LogP contribution < -0.4 is 9.47 Å². The predicted molar refractivity (Wildman–Crippen MR) is 115 cm³/mol. The van der Waals surface area contributed by atoms with Crippen LogP contribution in [-0.4, -0.2) is 28.0 Å². The number of nitrogens with zero attached hydrogens (tertiary/aromatic N) is 1. The molecule has 0 saturated heterocycles. The summed E-state index contributed by atoms with van der Waals surface area (Å²) >= 11 is 0. The summed E-state index contributed by atoms with van der Waals surface area (Å²) in [7, 11) is 0. The molecule has 0 unspecified atom stereocenters. The number of aromatic hydroxyl groups is 1. The van der Waals surface area contributed by atoms with Crippen LogP contribution in [0.15, 0.2) is 48.7 Å². The van der Waals surface area contributed by atoms with Crippen molar-refractivity contribution in [1.29, 1.82) is 0 Å². The average molecular weight is 391 g/mol. The molecule has 2 N–H and O–H groups in total. The Hall–Kier alpha value is -3.18. The van der Waals surface area contributed by atoms with Crippen LogP contribution in [0.25, 0.3) is 27.2 Å². The molecule has 1 heterocycles. The number of fused-ring (bicyclic) bond motifs is 2. The lowest BCUT2D eigenvalue weighted by molar-refractivity contribution is 0.282. The normalized spacial score (nSPS) is 11.3. The Bertz CT molecular complexity index is 1190. The molecular weight excluding hydrogens is 366 g/mol. The molecule has 150 valence electrons. The number of aryl methyl sites for hydroxylation is 1. The Morgan fingerprint density at radius 3 is 2.17 bits per heavy atom. The number of rotatable bonds is 6. The van der Waals surface area contributed by atoms with E-state index in [1.165, 1.54) is 0 Å². The second-order valence-corrected chi connectivity index (χ2v) is 6.96. The lowest BCUT2D eigenvalue weighted by atomic mass is 10.0. The van der Waals surface area contributed by atoms with E-state index in [0.29, 0.717) is 24.3 Å². The number of aliphatic hydroxyl groups excluding tert-OH is 1. The molecular formula is C24H25NO4. The highest BCUT2D eigenvalue weighted by molar-refractivity contribution is 6.13. The Labute approximate surface area is 169 Å². The third kappa shape index (κ3) is 3.08. The van der Waals surface area contributed by atoms with Crippen LogP contribution in [0.1, 0.15) is 25.0 Å².